The van der Waals surface area contributed by atoms with Gasteiger partial charge in [-0.25, -0.2) is 0 Å². The molecule has 0 saturated heterocycles. The lowest BCUT2D eigenvalue weighted by Gasteiger charge is -1.95. The van der Waals surface area contributed by atoms with E-state index in [0.29, 0.717) is 12.8 Å². The summed E-state index contributed by atoms with van der Waals surface area (Å²) in [6, 6.07) is 0. The molecule has 0 aromatic rings. The van der Waals surface area contributed by atoms with Gasteiger partial charge < -0.3 is 4.74 Å². The van der Waals surface area contributed by atoms with Crippen molar-refractivity contribution in [3.63, 3.8) is 0 Å². The Kier molecular flexibility index (Phi) is 5.44. The Hall–Kier alpha value is 0.757. The maximum Gasteiger partial charge on any atom is 0.261 e. The Bertz CT molecular complexity index is 41.9. The van der Waals surface area contributed by atoms with Crippen molar-refractivity contribution in [2.75, 3.05) is 12.8 Å². The smallest absolute Gasteiger partial charge is 0.261 e. The molecule has 0 aromatic heterocycles. The summed E-state index contributed by atoms with van der Waals surface area (Å²) in [4.78, 5) is 0. The first-order valence-corrected chi connectivity index (χ1v) is 6.44. The minimum absolute atomic E-state index is 0.569. The van der Waals surface area contributed by atoms with Gasteiger partial charge in [0.1, 0.15) is 0 Å². The molecular weight excluding hydrogens is 151 g/mol. The standard InChI is InChI=1S/C3H8Cl2OSi/c1-2-6-3-7(4)5/h7H,2-3H2,1H3. The number of ether oxygens (including phenoxy) is 1. The Morgan fingerprint density at radius 2 is 2.14 bits per heavy atom. The van der Waals surface area contributed by atoms with E-state index < -0.39 is 7.42 Å². The van der Waals surface area contributed by atoms with Crippen LogP contribution in [-0.4, -0.2) is 20.3 Å². The van der Waals surface area contributed by atoms with Crippen molar-refractivity contribution in [1.29, 1.82) is 0 Å². The van der Waals surface area contributed by atoms with E-state index in [2.05, 4.69) is 0 Å². The molecule has 0 unspecified atom stereocenters. The third-order valence-electron chi connectivity index (χ3n) is 0.448. The van der Waals surface area contributed by atoms with Crippen LogP contribution in [0, 0.1) is 0 Å². The largest absolute Gasteiger partial charge is 0.382 e. The number of hydrogen-bond donors (Lipinski definition) is 0. The third kappa shape index (κ3) is 6.76. The van der Waals surface area contributed by atoms with Gasteiger partial charge in [-0.2, -0.15) is 0 Å². The van der Waals surface area contributed by atoms with Crippen LogP contribution in [0.15, 0.2) is 0 Å². The summed E-state index contributed by atoms with van der Waals surface area (Å²) in [6.45, 7) is 2.63. The molecule has 0 spiro atoms. The molecule has 0 rings (SSSR count). The summed E-state index contributed by atoms with van der Waals surface area (Å²) in [5.41, 5.74) is 0. The van der Waals surface area contributed by atoms with Crippen molar-refractivity contribution in [3.8, 4) is 0 Å². The van der Waals surface area contributed by atoms with Crippen molar-refractivity contribution >= 4 is 29.6 Å². The van der Waals surface area contributed by atoms with Crippen molar-refractivity contribution in [2.24, 2.45) is 0 Å². The second-order valence-corrected chi connectivity index (χ2v) is 6.00. The summed E-state index contributed by atoms with van der Waals surface area (Å²) in [7, 11) is -1.47. The minimum Gasteiger partial charge on any atom is -0.382 e. The fourth-order valence-electron chi connectivity index (χ4n) is 0.207. The summed E-state index contributed by atoms with van der Waals surface area (Å²) in [6.07, 6.45) is 0.569. The van der Waals surface area contributed by atoms with Crippen LogP contribution in [0.4, 0.5) is 0 Å². The van der Waals surface area contributed by atoms with Gasteiger partial charge >= 0.3 is 0 Å². The lowest BCUT2D eigenvalue weighted by molar-refractivity contribution is 0.193. The molecule has 0 radical (unpaired) electrons. The molecule has 0 atom stereocenters. The van der Waals surface area contributed by atoms with E-state index in [1.165, 1.54) is 0 Å². The van der Waals surface area contributed by atoms with Gasteiger partial charge in [0.2, 0.25) is 0 Å². The third-order valence-corrected chi connectivity index (χ3v) is 1.69. The monoisotopic (exact) mass is 158 g/mol. The molecule has 4 heteroatoms. The van der Waals surface area contributed by atoms with Gasteiger partial charge in [-0.3, -0.25) is 0 Å². The highest BCUT2D eigenvalue weighted by molar-refractivity contribution is 7.33. The van der Waals surface area contributed by atoms with E-state index in [1.807, 2.05) is 6.92 Å². The molecule has 1 nitrogen and oxygen atoms in total. The fourth-order valence-corrected chi connectivity index (χ4v) is 1.16. The van der Waals surface area contributed by atoms with Crippen molar-refractivity contribution < 1.29 is 4.74 Å². The molecular formula is C3H8Cl2OSi. The summed E-state index contributed by atoms with van der Waals surface area (Å²) in [5, 5.41) is 0. The van der Waals surface area contributed by atoms with Crippen LogP contribution in [0.1, 0.15) is 6.92 Å². The quantitative estimate of drug-likeness (QED) is 0.445. The molecule has 0 aliphatic rings. The average Bonchev–Trinajstić information content (AvgIpc) is 1.61. The maximum atomic E-state index is 5.44. The highest BCUT2D eigenvalue weighted by atomic mass is 35.7. The molecule has 0 bridgehead atoms. The molecule has 0 aliphatic heterocycles. The molecule has 0 aromatic carbocycles. The molecule has 0 amide bonds. The average molecular weight is 159 g/mol. The predicted octanol–water partition coefficient (Wildman–Crippen LogP) is 1.26. The van der Waals surface area contributed by atoms with Crippen LogP contribution in [0.5, 0.6) is 0 Å². The molecule has 7 heavy (non-hydrogen) atoms. The first-order chi connectivity index (χ1) is 3.27. The first kappa shape index (κ1) is 7.76. The van der Waals surface area contributed by atoms with Gasteiger partial charge in [0.15, 0.2) is 0 Å². The Morgan fingerprint density at radius 3 is 2.29 bits per heavy atom. The Labute approximate surface area is 54.6 Å². The lowest BCUT2D eigenvalue weighted by Crippen LogP contribution is -2.05. The van der Waals surface area contributed by atoms with Gasteiger partial charge in [-0.05, 0) is 6.92 Å². The zero-order valence-corrected chi connectivity index (χ0v) is 6.82. The van der Waals surface area contributed by atoms with Crippen LogP contribution in [-0.2, 0) is 4.74 Å². The number of hydrogen-bond acceptors (Lipinski definition) is 1. The van der Waals surface area contributed by atoms with Crippen molar-refractivity contribution in [1.82, 2.24) is 0 Å². The Balaban J connectivity index is 2.68. The molecule has 0 fully saturated rings. The van der Waals surface area contributed by atoms with Crippen LogP contribution in [0.25, 0.3) is 0 Å². The zero-order valence-electron chi connectivity index (χ0n) is 4.16. The second-order valence-electron chi connectivity index (χ2n) is 1.05. The maximum absolute atomic E-state index is 5.44. The van der Waals surface area contributed by atoms with E-state index in [9.17, 15) is 0 Å². The van der Waals surface area contributed by atoms with E-state index in [-0.39, 0.29) is 0 Å². The van der Waals surface area contributed by atoms with Crippen LogP contribution >= 0.6 is 22.2 Å². The summed E-state index contributed by atoms with van der Waals surface area (Å²) >= 11 is 10.9. The first-order valence-electron chi connectivity index (χ1n) is 2.13. The van der Waals surface area contributed by atoms with E-state index >= 15 is 0 Å². The lowest BCUT2D eigenvalue weighted by atomic mass is 10.9. The van der Waals surface area contributed by atoms with E-state index in [4.69, 9.17) is 26.9 Å². The molecule has 0 saturated carbocycles. The van der Waals surface area contributed by atoms with Crippen LogP contribution in [0.3, 0.4) is 0 Å². The minimum atomic E-state index is -1.47. The topological polar surface area (TPSA) is 9.23 Å². The zero-order chi connectivity index (χ0) is 5.70. The van der Waals surface area contributed by atoms with E-state index in [0.717, 1.165) is 0 Å². The van der Waals surface area contributed by atoms with Crippen molar-refractivity contribution in [3.05, 3.63) is 0 Å². The predicted molar refractivity (Wildman–Crippen MR) is 35.3 cm³/mol. The normalized spacial score (nSPS) is 10.3. The molecule has 0 heterocycles. The molecule has 0 aliphatic carbocycles. The highest BCUT2D eigenvalue weighted by Gasteiger charge is 1.98. The van der Waals surface area contributed by atoms with Crippen LogP contribution in [0.2, 0.25) is 0 Å². The fraction of sp³-hybridized carbons (Fsp3) is 1.00. The summed E-state index contributed by atoms with van der Waals surface area (Å²) in [5.74, 6) is 0. The van der Waals surface area contributed by atoms with E-state index in [1.54, 1.807) is 0 Å². The van der Waals surface area contributed by atoms with Gasteiger partial charge in [0.05, 0.1) is 6.23 Å². The van der Waals surface area contributed by atoms with Gasteiger partial charge in [-0.1, -0.05) is 0 Å². The van der Waals surface area contributed by atoms with Gasteiger partial charge in [0, 0.05) is 6.61 Å². The number of rotatable bonds is 3. The second kappa shape index (κ2) is 4.90. The molecule has 44 valence electrons. The van der Waals surface area contributed by atoms with Gasteiger partial charge in [0.25, 0.3) is 7.42 Å². The summed E-state index contributed by atoms with van der Waals surface area (Å²) < 4.78 is 4.89. The van der Waals surface area contributed by atoms with Crippen molar-refractivity contribution in [2.45, 2.75) is 6.92 Å². The van der Waals surface area contributed by atoms with Crippen LogP contribution < -0.4 is 0 Å². The highest BCUT2D eigenvalue weighted by Crippen LogP contribution is 1.94. The molecule has 0 N–H and O–H groups in total. The van der Waals surface area contributed by atoms with Gasteiger partial charge in [-0.15, -0.1) is 22.2 Å². The Morgan fingerprint density at radius 1 is 1.57 bits per heavy atom. The SMILES string of the molecule is CCOC[SiH](Cl)Cl. The number of halogens is 2.